The molecule has 80 valence electrons. The van der Waals surface area contributed by atoms with Crippen LogP contribution in [0.5, 0.6) is 0 Å². The van der Waals surface area contributed by atoms with Gasteiger partial charge >= 0.3 is 17.2 Å². The molecule has 13 heavy (non-hydrogen) atoms. The number of rotatable bonds is 5. The maximum absolute atomic E-state index is 12.3. The molecule has 0 saturated carbocycles. The van der Waals surface area contributed by atoms with Crippen molar-refractivity contribution < 1.29 is 25.8 Å². The summed E-state index contributed by atoms with van der Waals surface area (Å²) in [5.74, 6) is 0. The molecule has 2 atom stereocenters. The Kier molecular flexibility index (Phi) is 7.37. The largest absolute Gasteiger partial charge is 0.381 e. The van der Waals surface area contributed by atoms with E-state index < -0.39 is 30.1 Å². The van der Waals surface area contributed by atoms with Gasteiger partial charge in [-0.1, -0.05) is 0 Å². The fourth-order valence-electron chi connectivity index (χ4n) is 0.306. The Bertz CT molecular complexity index is 181. The number of halogens is 5. The van der Waals surface area contributed by atoms with Gasteiger partial charge in [0.05, 0.1) is 6.61 Å². The Hall–Kier alpha value is 0.660. The van der Waals surface area contributed by atoms with Gasteiger partial charge in [-0.05, 0) is 6.92 Å². The van der Waals surface area contributed by atoms with E-state index in [2.05, 4.69) is 9.04 Å². The third kappa shape index (κ3) is 5.87. The van der Waals surface area contributed by atoms with E-state index in [9.17, 15) is 21.3 Å². The SMILES string of the molecule is CCO/[PH](F)=N/P(F)N(F)P(F)F. The summed E-state index contributed by atoms with van der Waals surface area (Å²) in [5, 5.41) is 0. The van der Waals surface area contributed by atoms with Crippen molar-refractivity contribution in [1.82, 2.24) is 4.66 Å². The summed E-state index contributed by atoms with van der Waals surface area (Å²) < 4.78 is 64.9. The zero-order chi connectivity index (χ0) is 10.4. The van der Waals surface area contributed by atoms with Gasteiger partial charge < -0.3 is 4.52 Å². The average molecular weight is 262 g/mol. The first-order chi connectivity index (χ1) is 5.99. The quantitative estimate of drug-likeness (QED) is 0.405. The lowest BCUT2D eigenvalue weighted by molar-refractivity contribution is 0.248. The fourth-order valence-corrected chi connectivity index (χ4v) is 2.40. The standard InChI is InChI=1S/C2H6F5N2OP3/c1-2-10-13(7)8-12(6)9(3)11(4)5/h13H,2H2,1H3. The zero-order valence-electron chi connectivity index (χ0n) is 6.29. The average Bonchev–Trinajstić information content (AvgIpc) is 2.03. The molecular weight excluding hydrogens is 256 g/mol. The smallest absolute Gasteiger partial charge is 0.323 e. The topological polar surface area (TPSA) is 24.8 Å². The minimum absolute atomic E-state index is 0.0657. The molecule has 0 heterocycles. The van der Waals surface area contributed by atoms with Crippen molar-refractivity contribution in [3.8, 4) is 0 Å². The van der Waals surface area contributed by atoms with Crippen molar-refractivity contribution in [2.45, 2.75) is 6.92 Å². The van der Waals surface area contributed by atoms with Crippen molar-refractivity contribution in [3.63, 3.8) is 0 Å². The van der Waals surface area contributed by atoms with E-state index in [0.29, 0.717) is 0 Å². The highest BCUT2D eigenvalue weighted by atomic mass is 31.3. The van der Waals surface area contributed by atoms with Gasteiger partial charge in [0.2, 0.25) is 8.25 Å². The van der Waals surface area contributed by atoms with E-state index in [0.717, 1.165) is 0 Å². The second-order valence-corrected chi connectivity index (χ2v) is 5.01. The number of hydrogen-bond donors (Lipinski definition) is 0. The molecule has 3 nitrogen and oxygen atoms in total. The van der Waals surface area contributed by atoms with Crippen LogP contribution in [-0.4, -0.2) is 11.3 Å². The van der Waals surface area contributed by atoms with Crippen molar-refractivity contribution in [1.29, 1.82) is 0 Å². The Morgan fingerprint density at radius 1 is 1.46 bits per heavy atom. The maximum Gasteiger partial charge on any atom is 0.381 e. The third-order valence-electron chi connectivity index (χ3n) is 0.686. The molecule has 0 aromatic carbocycles. The molecule has 0 radical (unpaired) electrons. The Morgan fingerprint density at radius 3 is 2.38 bits per heavy atom. The summed E-state index contributed by atoms with van der Waals surface area (Å²) in [6.07, 6.45) is 0. The molecule has 0 spiro atoms. The number of nitrogens with zero attached hydrogens (tertiary/aromatic N) is 2. The Labute approximate surface area is 74.9 Å². The van der Waals surface area contributed by atoms with Crippen molar-refractivity contribution >= 4 is 25.5 Å². The van der Waals surface area contributed by atoms with Crippen molar-refractivity contribution in [3.05, 3.63) is 0 Å². The highest BCUT2D eigenvalue weighted by Gasteiger charge is 2.29. The van der Waals surface area contributed by atoms with Gasteiger partial charge in [0.1, 0.15) is 0 Å². The number of hydrogen-bond acceptors (Lipinski definition) is 3. The molecule has 0 aliphatic heterocycles. The van der Waals surface area contributed by atoms with E-state index in [1.54, 1.807) is 0 Å². The molecule has 2 unspecified atom stereocenters. The van der Waals surface area contributed by atoms with Crippen LogP contribution in [0.3, 0.4) is 0 Å². The monoisotopic (exact) mass is 262 g/mol. The van der Waals surface area contributed by atoms with Gasteiger partial charge in [0.25, 0.3) is 0 Å². The molecule has 0 aromatic rings. The van der Waals surface area contributed by atoms with Crippen LogP contribution >= 0.6 is 25.5 Å². The first kappa shape index (κ1) is 13.7. The Morgan fingerprint density at radius 2 is 2.00 bits per heavy atom. The molecule has 0 amide bonds. The third-order valence-corrected chi connectivity index (χ3v) is 3.87. The molecule has 0 aliphatic rings. The van der Waals surface area contributed by atoms with E-state index >= 15 is 0 Å². The molecule has 0 N–H and O–H groups in total. The summed E-state index contributed by atoms with van der Waals surface area (Å²) in [5.41, 5.74) is 0. The van der Waals surface area contributed by atoms with Gasteiger partial charge in [-0.3, -0.25) is 0 Å². The molecule has 11 heteroatoms. The van der Waals surface area contributed by atoms with Crippen LogP contribution in [0.15, 0.2) is 4.52 Å². The van der Waals surface area contributed by atoms with Crippen LogP contribution in [0.2, 0.25) is 0 Å². The molecule has 0 aromatic heterocycles. The highest BCUT2D eigenvalue weighted by molar-refractivity contribution is 7.64. The van der Waals surface area contributed by atoms with Gasteiger partial charge in [-0.25, -0.2) is 0 Å². The normalized spacial score (nSPS) is 16.9. The second-order valence-electron chi connectivity index (χ2n) is 1.48. The van der Waals surface area contributed by atoms with E-state index in [1.807, 2.05) is 0 Å². The predicted molar refractivity (Wildman–Crippen MR) is 43.6 cm³/mol. The summed E-state index contributed by atoms with van der Waals surface area (Å²) in [4.78, 5) is 0. The molecular formula is C2H6F5N2OP3. The summed E-state index contributed by atoms with van der Waals surface area (Å²) in [6.45, 7) is 1.36. The van der Waals surface area contributed by atoms with Gasteiger partial charge in [-0.15, -0.1) is 4.48 Å². The van der Waals surface area contributed by atoms with E-state index in [1.165, 1.54) is 6.92 Å². The van der Waals surface area contributed by atoms with Gasteiger partial charge in [-0.2, -0.15) is 21.3 Å². The van der Waals surface area contributed by atoms with Crippen LogP contribution in [0.4, 0.5) is 21.3 Å². The van der Waals surface area contributed by atoms with Crippen LogP contribution in [-0.2, 0) is 4.52 Å². The minimum Gasteiger partial charge on any atom is -0.323 e. The maximum atomic E-state index is 12.3. The van der Waals surface area contributed by atoms with Crippen LogP contribution in [0.25, 0.3) is 0 Å². The molecule has 0 rings (SSSR count). The fraction of sp³-hybridized carbons (Fsp3) is 1.00. The highest BCUT2D eigenvalue weighted by Crippen LogP contribution is 2.63. The van der Waals surface area contributed by atoms with Crippen LogP contribution in [0, 0.1) is 0 Å². The van der Waals surface area contributed by atoms with Gasteiger partial charge in [0.15, 0.2) is 0 Å². The summed E-state index contributed by atoms with van der Waals surface area (Å²) in [6, 6.07) is 0. The lowest BCUT2D eigenvalue weighted by Crippen LogP contribution is -1.88. The van der Waals surface area contributed by atoms with Gasteiger partial charge in [0, 0.05) is 4.66 Å². The first-order valence-corrected chi connectivity index (χ1v) is 6.34. The zero-order valence-corrected chi connectivity index (χ0v) is 9.08. The predicted octanol–water partition coefficient (Wildman–Crippen LogP) is 4.77. The van der Waals surface area contributed by atoms with Crippen molar-refractivity contribution in [2.75, 3.05) is 6.61 Å². The lowest BCUT2D eigenvalue weighted by atomic mass is 10.9. The second kappa shape index (κ2) is 7.02. The molecule has 0 aliphatic carbocycles. The first-order valence-electron chi connectivity index (χ1n) is 2.89. The van der Waals surface area contributed by atoms with Crippen LogP contribution in [0.1, 0.15) is 6.92 Å². The molecule has 0 saturated heterocycles. The van der Waals surface area contributed by atoms with Crippen molar-refractivity contribution in [2.24, 2.45) is 4.52 Å². The Balaban J connectivity index is 4.10. The lowest BCUT2D eigenvalue weighted by Gasteiger charge is -2.08. The minimum atomic E-state index is -4.22. The van der Waals surface area contributed by atoms with Crippen LogP contribution < -0.4 is 0 Å². The molecule has 0 fully saturated rings. The van der Waals surface area contributed by atoms with E-state index in [-0.39, 0.29) is 6.61 Å². The summed E-state index contributed by atoms with van der Waals surface area (Å²) >= 11 is 0. The molecule has 0 bridgehead atoms. The summed E-state index contributed by atoms with van der Waals surface area (Å²) in [7, 11) is -11.2. The van der Waals surface area contributed by atoms with E-state index in [4.69, 9.17) is 0 Å².